The SMILES string of the molecule is Cc1ccc(NC(=O)COc2ccc(/C=C3\SC(=O)N(Cc4ccc(Cl)cc4Cl)C3=O)cc2Cl)cc1Cl. The van der Waals surface area contributed by atoms with Gasteiger partial charge in [0.1, 0.15) is 5.75 Å². The third-order valence-electron chi connectivity index (χ3n) is 5.29. The maximum absolute atomic E-state index is 12.9. The number of ether oxygens (including phenoxy) is 1. The minimum atomic E-state index is -0.439. The van der Waals surface area contributed by atoms with Crippen molar-refractivity contribution in [1.82, 2.24) is 4.90 Å². The zero-order chi connectivity index (χ0) is 26.7. The third kappa shape index (κ3) is 6.80. The Kier molecular flexibility index (Phi) is 8.72. The molecule has 1 heterocycles. The lowest BCUT2D eigenvalue weighted by Crippen LogP contribution is -2.27. The van der Waals surface area contributed by atoms with E-state index in [-0.39, 0.29) is 29.0 Å². The Morgan fingerprint density at radius 2 is 1.76 bits per heavy atom. The van der Waals surface area contributed by atoms with E-state index >= 15 is 0 Å². The summed E-state index contributed by atoms with van der Waals surface area (Å²) in [6, 6.07) is 14.9. The van der Waals surface area contributed by atoms with Crippen LogP contribution in [0.4, 0.5) is 10.5 Å². The number of rotatable bonds is 7. The van der Waals surface area contributed by atoms with E-state index < -0.39 is 11.1 Å². The zero-order valence-electron chi connectivity index (χ0n) is 19.2. The molecular formula is C26H18Cl4N2O4S. The number of hydrogen-bond acceptors (Lipinski definition) is 5. The summed E-state index contributed by atoms with van der Waals surface area (Å²) in [4.78, 5) is 38.9. The maximum atomic E-state index is 12.9. The Morgan fingerprint density at radius 3 is 2.46 bits per heavy atom. The van der Waals surface area contributed by atoms with Gasteiger partial charge in [0.15, 0.2) is 6.61 Å². The van der Waals surface area contributed by atoms with Crippen LogP contribution in [0.2, 0.25) is 20.1 Å². The minimum Gasteiger partial charge on any atom is -0.482 e. The third-order valence-corrected chi connectivity index (χ3v) is 7.48. The number of benzene rings is 3. The Balaban J connectivity index is 1.39. The van der Waals surface area contributed by atoms with Gasteiger partial charge in [0.2, 0.25) is 0 Å². The lowest BCUT2D eigenvalue weighted by atomic mass is 10.2. The summed E-state index contributed by atoms with van der Waals surface area (Å²) in [5, 5.41) is 3.91. The van der Waals surface area contributed by atoms with Crippen molar-refractivity contribution < 1.29 is 19.1 Å². The lowest BCUT2D eigenvalue weighted by molar-refractivity contribution is -0.123. The largest absolute Gasteiger partial charge is 0.482 e. The van der Waals surface area contributed by atoms with E-state index in [4.69, 9.17) is 51.1 Å². The van der Waals surface area contributed by atoms with E-state index in [1.54, 1.807) is 60.7 Å². The summed E-state index contributed by atoms with van der Waals surface area (Å²) in [6.45, 7) is 1.63. The molecule has 3 amide bonds. The van der Waals surface area contributed by atoms with Gasteiger partial charge in [-0.1, -0.05) is 64.6 Å². The second-order valence-electron chi connectivity index (χ2n) is 7.99. The molecule has 0 unspecified atom stereocenters. The number of anilines is 1. The summed E-state index contributed by atoms with van der Waals surface area (Å²) < 4.78 is 5.54. The first-order valence-corrected chi connectivity index (χ1v) is 13.1. The first-order chi connectivity index (χ1) is 17.6. The zero-order valence-corrected chi connectivity index (χ0v) is 23.0. The molecule has 3 aromatic carbocycles. The number of nitrogens with zero attached hydrogens (tertiary/aromatic N) is 1. The van der Waals surface area contributed by atoms with Gasteiger partial charge in [-0.15, -0.1) is 0 Å². The molecule has 0 atom stereocenters. The maximum Gasteiger partial charge on any atom is 0.293 e. The Labute approximate surface area is 237 Å². The van der Waals surface area contributed by atoms with Crippen LogP contribution < -0.4 is 10.1 Å². The molecule has 4 rings (SSSR count). The monoisotopic (exact) mass is 594 g/mol. The van der Waals surface area contributed by atoms with E-state index in [1.807, 2.05) is 6.92 Å². The molecule has 0 bridgehead atoms. The summed E-state index contributed by atoms with van der Waals surface area (Å²) in [5.74, 6) is -0.527. The molecule has 6 nitrogen and oxygen atoms in total. The number of carbonyl (C=O) groups is 3. The molecule has 0 radical (unpaired) electrons. The number of aryl methyl sites for hydroxylation is 1. The van der Waals surface area contributed by atoms with Crippen molar-refractivity contribution in [3.8, 4) is 5.75 Å². The van der Waals surface area contributed by atoms with Gasteiger partial charge in [-0.2, -0.15) is 0 Å². The van der Waals surface area contributed by atoms with Crippen LogP contribution in [0.1, 0.15) is 16.7 Å². The highest BCUT2D eigenvalue weighted by molar-refractivity contribution is 8.18. The van der Waals surface area contributed by atoms with Crippen LogP contribution >= 0.6 is 58.2 Å². The number of nitrogens with one attached hydrogen (secondary N) is 1. The first-order valence-electron chi connectivity index (χ1n) is 10.8. The summed E-state index contributed by atoms with van der Waals surface area (Å²) in [5.41, 5.74) is 2.65. The summed E-state index contributed by atoms with van der Waals surface area (Å²) >= 11 is 25.3. The van der Waals surface area contributed by atoms with Crippen molar-refractivity contribution in [3.05, 3.63) is 96.3 Å². The fourth-order valence-electron chi connectivity index (χ4n) is 3.34. The number of hydrogen-bond donors (Lipinski definition) is 1. The fourth-order valence-corrected chi connectivity index (χ4v) is 5.07. The number of thioether (sulfide) groups is 1. The molecule has 0 aromatic heterocycles. The van der Waals surface area contributed by atoms with Crippen molar-refractivity contribution in [3.63, 3.8) is 0 Å². The molecule has 0 spiro atoms. The molecule has 3 aromatic rings. The van der Waals surface area contributed by atoms with Gasteiger partial charge in [0.25, 0.3) is 17.1 Å². The van der Waals surface area contributed by atoms with Gasteiger partial charge >= 0.3 is 0 Å². The van der Waals surface area contributed by atoms with Gasteiger partial charge in [-0.3, -0.25) is 19.3 Å². The lowest BCUT2D eigenvalue weighted by Gasteiger charge is -2.13. The quantitative estimate of drug-likeness (QED) is 0.281. The van der Waals surface area contributed by atoms with Gasteiger partial charge in [0, 0.05) is 20.8 Å². The highest BCUT2D eigenvalue weighted by Crippen LogP contribution is 2.35. The Bertz CT molecular complexity index is 1440. The Morgan fingerprint density at radius 1 is 0.973 bits per heavy atom. The number of halogens is 4. The van der Waals surface area contributed by atoms with Crippen LogP contribution in [-0.2, 0) is 16.1 Å². The molecule has 0 saturated carbocycles. The summed E-state index contributed by atoms with van der Waals surface area (Å²) in [7, 11) is 0. The predicted molar refractivity (Wildman–Crippen MR) is 150 cm³/mol. The summed E-state index contributed by atoms with van der Waals surface area (Å²) in [6.07, 6.45) is 1.57. The van der Waals surface area contributed by atoms with Gasteiger partial charge in [0.05, 0.1) is 16.5 Å². The van der Waals surface area contributed by atoms with Crippen LogP contribution in [0.15, 0.2) is 59.5 Å². The highest BCUT2D eigenvalue weighted by atomic mass is 35.5. The van der Waals surface area contributed by atoms with Crippen LogP contribution in [0.5, 0.6) is 5.75 Å². The van der Waals surface area contributed by atoms with E-state index in [9.17, 15) is 14.4 Å². The highest BCUT2D eigenvalue weighted by Gasteiger charge is 2.35. The van der Waals surface area contributed by atoms with Gasteiger partial charge < -0.3 is 10.1 Å². The van der Waals surface area contributed by atoms with Gasteiger partial charge in [-0.25, -0.2) is 0 Å². The predicted octanol–water partition coefficient (Wildman–Crippen LogP) is 7.86. The number of carbonyl (C=O) groups excluding carboxylic acids is 3. The van der Waals surface area contributed by atoms with Crippen LogP contribution in [0.3, 0.4) is 0 Å². The molecule has 1 aliphatic rings. The smallest absolute Gasteiger partial charge is 0.293 e. The molecule has 1 fully saturated rings. The van der Waals surface area contributed by atoms with Gasteiger partial charge in [-0.05, 0) is 77.9 Å². The fraction of sp³-hybridized carbons (Fsp3) is 0.115. The van der Waals surface area contributed by atoms with E-state index in [0.717, 1.165) is 22.2 Å². The Hall–Kier alpha value is -2.68. The van der Waals surface area contributed by atoms with Crippen LogP contribution in [0, 0.1) is 6.92 Å². The van der Waals surface area contributed by atoms with Crippen molar-refractivity contribution in [2.24, 2.45) is 0 Å². The molecular weight excluding hydrogens is 578 g/mol. The minimum absolute atomic E-state index is 0.0302. The van der Waals surface area contributed by atoms with Crippen molar-refractivity contribution >= 4 is 87.0 Å². The topological polar surface area (TPSA) is 75.7 Å². The molecule has 37 heavy (non-hydrogen) atoms. The number of imide groups is 1. The van der Waals surface area contributed by atoms with E-state index in [2.05, 4.69) is 5.32 Å². The molecule has 1 aliphatic heterocycles. The number of amides is 3. The molecule has 1 saturated heterocycles. The van der Waals surface area contributed by atoms with Crippen LogP contribution in [-0.4, -0.2) is 28.6 Å². The van der Waals surface area contributed by atoms with E-state index in [1.165, 1.54) is 0 Å². The molecule has 0 aliphatic carbocycles. The van der Waals surface area contributed by atoms with Crippen molar-refractivity contribution in [2.75, 3.05) is 11.9 Å². The molecule has 1 N–H and O–H groups in total. The second kappa shape index (κ2) is 11.8. The van der Waals surface area contributed by atoms with Crippen molar-refractivity contribution in [1.29, 1.82) is 0 Å². The average Bonchev–Trinajstić information content (AvgIpc) is 3.09. The first kappa shape index (κ1) is 27.4. The average molecular weight is 596 g/mol. The molecule has 11 heteroatoms. The van der Waals surface area contributed by atoms with Crippen molar-refractivity contribution in [2.45, 2.75) is 13.5 Å². The second-order valence-corrected chi connectivity index (χ2v) is 10.6. The normalized spacial score (nSPS) is 14.4. The van der Waals surface area contributed by atoms with E-state index in [0.29, 0.717) is 37.6 Å². The molecule has 190 valence electrons. The van der Waals surface area contributed by atoms with Crippen LogP contribution in [0.25, 0.3) is 6.08 Å². The standard InChI is InChI=1S/C26H18Cl4N2O4S/c1-14-2-6-18(11-19(14)28)31-24(33)13-36-22-7-3-15(8-21(22)30)9-23-25(34)32(26(35)37-23)12-16-4-5-17(27)10-20(16)29/h2-11H,12-13H2,1H3,(H,31,33)/b23-9-.